The summed E-state index contributed by atoms with van der Waals surface area (Å²) in [6.07, 6.45) is 0. The Labute approximate surface area is 252 Å². The first-order valence-electron chi connectivity index (χ1n) is 13.6. The first-order valence-corrected chi connectivity index (χ1v) is 14.0. The second-order valence-corrected chi connectivity index (χ2v) is 9.98. The highest BCUT2D eigenvalue weighted by atomic mass is 35.5. The minimum Gasteiger partial charge on any atom is -0.488 e. The predicted octanol–water partition coefficient (Wildman–Crippen LogP) is 5.85. The topological polar surface area (TPSA) is 116 Å². The van der Waals surface area contributed by atoms with Gasteiger partial charge in [-0.25, -0.2) is 9.02 Å². The first-order chi connectivity index (χ1) is 21.0. The number of fused-ring (bicyclic) bond motifs is 1. The van der Waals surface area contributed by atoms with Crippen LogP contribution in [-0.2, 0) is 29.3 Å². The van der Waals surface area contributed by atoms with Crippen LogP contribution in [0.3, 0.4) is 0 Å². The van der Waals surface area contributed by atoms with Crippen LogP contribution in [-0.4, -0.2) is 40.6 Å². The first kappa shape index (κ1) is 30.0. The molecule has 1 atom stereocenters. The van der Waals surface area contributed by atoms with E-state index < -0.39 is 18.6 Å². The highest BCUT2D eigenvalue weighted by Gasteiger charge is 2.20. The zero-order valence-corrected chi connectivity index (χ0v) is 24.0. The maximum absolute atomic E-state index is 15.4. The predicted molar refractivity (Wildman–Crippen MR) is 158 cm³/mol. The zero-order valence-electron chi connectivity index (χ0n) is 23.3. The van der Waals surface area contributed by atoms with Crippen molar-refractivity contribution in [1.82, 2.24) is 15.6 Å². The van der Waals surface area contributed by atoms with Gasteiger partial charge in [0.05, 0.1) is 18.2 Å². The van der Waals surface area contributed by atoms with Crippen molar-refractivity contribution < 1.29 is 33.1 Å². The Balaban J connectivity index is 1.38. The van der Waals surface area contributed by atoms with Gasteiger partial charge in [0.15, 0.2) is 0 Å². The van der Waals surface area contributed by atoms with Crippen LogP contribution < -0.4 is 14.8 Å². The standard InChI is InChI=1S/C32H29ClFN3O6/c1-2-40-32(39)28(17-38)35-16-23-14-25(33)30(15-29(23)41-18-20-11-12-26-27(13-20)37-43-36-26)42-19-22-9-6-10-24(31(22)34)21-7-4-3-5-8-21/h3-15,28,35,38H,2,16-19H2,1H3. The molecule has 0 aliphatic heterocycles. The molecule has 5 rings (SSSR count). The average Bonchev–Trinajstić information content (AvgIpc) is 3.49. The average molecular weight is 606 g/mol. The van der Waals surface area contributed by atoms with Crippen LogP contribution in [0, 0.1) is 5.82 Å². The molecule has 0 saturated carbocycles. The molecule has 0 radical (unpaired) electrons. The number of aromatic nitrogens is 2. The van der Waals surface area contributed by atoms with E-state index in [4.69, 9.17) is 30.4 Å². The molecule has 1 unspecified atom stereocenters. The normalized spacial score (nSPS) is 11.8. The molecule has 1 aromatic heterocycles. The third-order valence-electron chi connectivity index (χ3n) is 6.67. The summed E-state index contributed by atoms with van der Waals surface area (Å²) in [6.45, 7) is 1.62. The van der Waals surface area contributed by atoms with Crippen LogP contribution in [0.15, 0.2) is 83.5 Å². The molecule has 1 heterocycles. The SMILES string of the molecule is CCOC(=O)C(CO)NCc1cc(Cl)c(OCc2cccc(-c3ccccc3)c2F)cc1OCc1ccc2nonc2c1. The summed E-state index contributed by atoms with van der Waals surface area (Å²) in [4.78, 5) is 12.2. The van der Waals surface area contributed by atoms with Gasteiger partial charge in [-0.05, 0) is 46.6 Å². The van der Waals surface area contributed by atoms with Gasteiger partial charge in [-0.1, -0.05) is 66.2 Å². The smallest absolute Gasteiger partial charge is 0.325 e. The van der Waals surface area contributed by atoms with Gasteiger partial charge < -0.3 is 19.3 Å². The van der Waals surface area contributed by atoms with E-state index in [1.165, 1.54) is 0 Å². The second-order valence-electron chi connectivity index (χ2n) is 9.57. The summed E-state index contributed by atoms with van der Waals surface area (Å²) >= 11 is 6.60. The van der Waals surface area contributed by atoms with E-state index in [0.29, 0.717) is 33.5 Å². The molecule has 0 spiro atoms. The van der Waals surface area contributed by atoms with E-state index in [2.05, 4.69) is 15.6 Å². The molecule has 43 heavy (non-hydrogen) atoms. The van der Waals surface area contributed by atoms with Crippen molar-refractivity contribution in [2.75, 3.05) is 13.2 Å². The Bertz CT molecular complexity index is 1700. The Morgan fingerprint density at radius 1 is 0.953 bits per heavy atom. The lowest BCUT2D eigenvalue weighted by atomic mass is 10.0. The molecule has 0 fully saturated rings. The molecular weight excluding hydrogens is 577 g/mol. The highest BCUT2D eigenvalue weighted by Crippen LogP contribution is 2.35. The molecule has 0 aliphatic rings. The van der Waals surface area contributed by atoms with Gasteiger partial charge in [-0.15, -0.1) is 0 Å². The Kier molecular flexibility index (Phi) is 9.83. The van der Waals surface area contributed by atoms with Crippen LogP contribution >= 0.6 is 11.6 Å². The molecule has 0 bridgehead atoms. The van der Waals surface area contributed by atoms with Crippen molar-refractivity contribution in [3.63, 3.8) is 0 Å². The summed E-state index contributed by atoms with van der Waals surface area (Å²) in [5, 5.41) is 20.6. The van der Waals surface area contributed by atoms with Gasteiger partial charge in [0.25, 0.3) is 0 Å². The largest absolute Gasteiger partial charge is 0.488 e. The lowest BCUT2D eigenvalue weighted by molar-refractivity contribution is -0.146. The van der Waals surface area contributed by atoms with Crippen LogP contribution in [0.1, 0.15) is 23.6 Å². The number of aliphatic hydroxyl groups excluding tert-OH is 1. The molecule has 0 saturated heterocycles. The summed E-state index contributed by atoms with van der Waals surface area (Å²) in [7, 11) is 0. The fourth-order valence-electron chi connectivity index (χ4n) is 4.42. The van der Waals surface area contributed by atoms with Crippen LogP contribution in [0.2, 0.25) is 5.02 Å². The molecule has 5 aromatic rings. The number of rotatable bonds is 13. The molecule has 11 heteroatoms. The molecular formula is C32H29ClFN3O6. The lowest BCUT2D eigenvalue weighted by Crippen LogP contribution is -2.40. The summed E-state index contributed by atoms with van der Waals surface area (Å²) in [6, 6.07) is 22.1. The number of nitrogens with zero attached hydrogens (tertiary/aromatic N) is 2. The summed E-state index contributed by atoms with van der Waals surface area (Å²) in [5.41, 5.74) is 4.20. The molecule has 4 aromatic carbocycles. The minimum atomic E-state index is -0.940. The maximum atomic E-state index is 15.4. The Morgan fingerprint density at radius 2 is 1.74 bits per heavy atom. The van der Waals surface area contributed by atoms with Crippen molar-refractivity contribution in [1.29, 1.82) is 0 Å². The third kappa shape index (κ3) is 7.29. The number of nitrogens with one attached hydrogen (secondary N) is 1. The molecule has 222 valence electrons. The number of hydrogen-bond donors (Lipinski definition) is 2. The van der Waals surface area contributed by atoms with Crippen molar-refractivity contribution in [3.8, 4) is 22.6 Å². The number of halogens is 2. The summed E-state index contributed by atoms with van der Waals surface area (Å²) < 4.78 is 37.4. The van der Waals surface area contributed by atoms with E-state index >= 15 is 4.39 Å². The summed E-state index contributed by atoms with van der Waals surface area (Å²) in [5.74, 6) is -0.267. The van der Waals surface area contributed by atoms with Gasteiger partial charge >= 0.3 is 5.97 Å². The molecule has 0 amide bonds. The number of benzene rings is 4. The van der Waals surface area contributed by atoms with E-state index in [0.717, 1.165) is 11.1 Å². The number of hydrogen-bond acceptors (Lipinski definition) is 9. The Morgan fingerprint density at radius 3 is 2.53 bits per heavy atom. The fourth-order valence-corrected chi connectivity index (χ4v) is 4.66. The molecule has 0 aliphatic carbocycles. The second kappa shape index (κ2) is 14.1. The van der Waals surface area contributed by atoms with Gasteiger partial charge in [0.2, 0.25) is 0 Å². The quantitative estimate of drug-likeness (QED) is 0.159. The number of esters is 1. The highest BCUT2D eigenvalue weighted by molar-refractivity contribution is 6.32. The fraction of sp³-hybridized carbons (Fsp3) is 0.219. The maximum Gasteiger partial charge on any atom is 0.325 e. The van der Waals surface area contributed by atoms with Crippen molar-refractivity contribution >= 4 is 28.6 Å². The van der Waals surface area contributed by atoms with Crippen molar-refractivity contribution in [3.05, 3.63) is 106 Å². The number of aliphatic hydroxyl groups is 1. The van der Waals surface area contributed by atoms with Crippen molar-refractivity contribution in [2.45, 2.75) is 32.7 Å². The number of ether oxygens (including phenoxy) is 3. The van der Waals surface area contributed by atoms with E-state index in [1.807, 2.05) is 36.4 Å². The van der Waals surface area contributed by atoms with Gasteiger partial charge in [-0.2, -0.15) is 0 Å². The Hall–Kier alpha value is -4.51. The third-order valence-corrected chi connectivity index (χ3v) is 6.96. The van der Waals surface area contributed by atoms with Gasteiger partial charge in [0, 0.05) is 29.3 Å². The van der Waals surface area contributed by atoms with Gasteiger partial charge in [0.1, 0.15) is 47.6 Å². The van der Waals surface area contributed by atoms with Crippen LogP contribution in [0.5, 0.6) is 11.5 Å². The number of carbonyl (C=O) groups excluding carboxylic acids is 1. The van der Waals surface area contributed by atoms with E-state index in [9.17, 15) is 9.90 Å². The number of carbonyl (C=O) groups is 1. The van der Waals surface area contributed by atoms with Gasteiger partial charge in [-0.3, -0.25) is 10.1 Å². The molecule has 2 N–H and O–H groups in total. The monoisotopic (exact) mass is 605 g/mol. The van der Waals surface area contributed by atoms with E-state index in [-0.39, 0.29) is 43.0 Å². The minimum absolute atomic E-state index is 0.0749. The zero-order chi connectivity index (χ0) is 30.2. The van der Waals surface area contributed by atoms with Crippen LogP contribution in [0.4, 0.5) is 4.39 Å². The van der Waals surface area contributed by atoms with Crippen LogP contribution in [0.25, 0.3) is 22.2 Å². The molecule has 9 nitrogen and oxygen atoms in total. The lowest BCUT2D eigenvalue weighted by Gasteiger charge is -2.19. The van der Waals surface area contributed by atoms with E-state index in [1.54, 1.807) is 49.4 Å². The van der Waals surface area contributed by atoms with Crippen molar-refractivity contribution in [2.24, 2.45) is 0 Å².